The van der Waals surface area contributed by atoms with Crippen molar-refractivity contribution < 1.29 is 28.2 Å². The summed E-state index contributed by atoms with van der Waals surface area (Å²) in [6.07, 6.45) is -3.38. The lowest BCUT2D eigenvalue weighted by atomic mass is 10.00. The highest BCUT2D eigenvalue weighted by atomic mass is 19.4. The summed E-state index contributed by atoms with van der Waals surface area (Å²) in [6, 6.07) is 2.46. The molecule has 7 heteroatoms. The van der Waals surface area contributed by atoms with E-state index in [-0.39, 0.29) is 12.2 Å². The highest BCUT2D eigenvalue weighted by molar-refractivity contribution is 5.94. The zero-order chi connectivity index (χ0) is 16.3. The Kier molecular flexibility index (Phi) is 5.22. The second kappa shape index (κ2) is 6.34. The summed E-state index contributed by atoms with van der Waals surface area (Å²) in [5, 5.41) is 21.7. The molecule has 1 rings (SSSR count). The molecule has 1 unspecified atom stereocenters. The van der Waals surface area contributed by atoms with Gasteiger partial charge in [-0.15, -0.1) is 0 Å². The van der Waals surface area contributed by atoms with Gasteiger partial charge < -0.3 is 15.5 Å². The third-order valence-electron chi connectivity index (χ3n) is 3.03. The number of hydrogen-bond donors (Lipinski definition) is 3. The zero-order valence-corrected chi connectivity index (χ0v) is 11.8. The largest absolute Gasteiger partial charge is 0.478 e. The van der Waals surface area contributed by atoms with Gasteiger partial charge in [-0.2, -0.15) is 13.2 Å². The first-order chi connectivity index (χ1) is 9.57. The Hall–Kier alpha value is -1.76. The van der Waals surface area contributed by atoms with Crippen LogP contribution in [0.4, 0.5) is 18.9 Å². The lowest BCUT2D eigenvalue weighted by molar-refractivity contribution is -0.137. The van der Waals surface area contributed by atoms with Gasteiger partial charge in [-0.1, -0.05) is 13.3 Å². The van der Waals surface area contributed by atoms with Crippen molar-refractivity contribution in [2.24, 2.45) is 0 Å². The fourth-order valence-corrected chi connectivity index (χ4v) is 1.96. The number of anilines is 1. The average molecular weight is 305 g/mol. The Morgan fingerprint density at radius 3 is 2.43 bits per heavy atom. The number of nitrogens with one attached hydrogen (secondary N) is 1. The first kappa shape index (κ1) is 17.3. The fourth-order valence-electron chi connectivity index (χ4n) is 1.96. The lowest BCUT2D eigenvalue weighted by Gasteiger charge is -2.24. The van der Waals surface area contributed by atoms with Crippen LogP contribution in [0.5, 0.6) is 0 Å². The molecule has 1 aromatic carbocycles. The molecule has 0 saturated carbocycles. The molecule has 0 radical (unpaired) electrons. The van der Waals surface area contributed by atoms with Gasteiger partial charge in [0, 0.05) is 12.2 Å². The van der Waals surface area contributed by atoms with E-state index < -0.39 is 28.9 Å². The van der Waals surface area contributed by atoms with Crippen LogP contribution in [0.2, 0.25) is 0 Å². The Bertz CT molecular complexity index is 513. The molecule has 0 spiro atoms. The minimum absolute atomic E-state index is 0.0480. The van der Waals surface area contributed by atoms with Crippen LogP contribution in [0.15, 0.2) is 18.2 Å². The molecule has 0 aromatic heterocycles. The minimum Gasteiger partial charge on any atom is -0.478 e. The summed E-state index contributed by atoms with van der Waals surface area (Å²) in [5.74, 6) is -1.46. The number of carboxylic acid groups (broad SMARTS) is 1. The van der Waals surface area contributed by atoms with Gasteiger partial charge in [0.1, 0.15) is 0 Å². The predicted molar refractivity (Wildman–Crippen MR) is 72.4 cm³/mol. The molecule has 1 atom stereocenters. The molecule has 0 bridgehead atoms. The number of rotatable bonds is 6. The monoisotopic (exact) mass is 305 g/mol. The average Bonchev–Trinajstić information content (AvgIpc) is 2.35. The Morgan fingerprint density at radius 2 is 1.95 bits per heavy atom. The van der Waals surface area contributed by atoms with Crippen molar-refractivity contribution in [3.05, 3.63) is 29.3 Å². The van der Waals surface area contributed by atoms with Crippen LogP contribution in [-0.4, -0.2) is 28.3 Å². The first-order valence-electron chi connectivity index (χ1n) is 6.47. The summed E-state index contributed by atoms with van der Waals surface area (Å²) < 4.78 is 37.8. The number of benzene rings is 1. The summed E-state index contributed by atoms with van der Waals surface area (Å²) >= 11 is 0. The van der Waals surface area contributed by atoms with Gasteiger partial charge in [-0.25, -0.2) is 4.79 Å². The van der Waals surface area contributed by atoms with Crippen molar-refractivity contribution in [1.29, 1.82) is 0 Å². The van der Waals surface area contributed by atoms with Crippen molar-refractivity contribution in [2.75, 3.05) is 11.9 Å². The van der Waals surface area contributed by atoms with Crippen molar-refractivity contribution in [1.82, 2.24) is 0 Å². The van der Waals surface area contributed by atoms with Crippen molar-refractivity contribution in [3.63, 3.8) is 0 Å². The number of aliphatic hydroxyl groups is 1. The predicted octanol–water partition coefficient (Wildman–Crippen LogP) is 3.37. The maximum atomic E-state index is 12.6. The number of alkyl halides is 3. The van der Waals surface area contributed by atoms with Crippen LogP contribution < -0.4 is 5.32 Å². The summed E-state index contributed by atoms with van der Waals surface area (Å²) in [7, 11) is 0. The number of carboxylic acids is 1. The Labute approximate surface area is 120 Å². The highest BCUT2D eigenvalue weighted by Crippen LogP contribution is 2.32. The molecule has 3 N–H and O–H groups in total. The summed E-state index contributed by atoms with van der Waals surface area (Å²) in [6.45, 7) is 3.51. The summed E-state index contributed by atoms with van der Waals surface area (Å²) in [4.78, 5) is 11.1. The maximum absolute atomic E-state index is 12.6. The molecule has 0 aliphatic rings. The van der Waals surface area contributed by atoms with E-state index in [1.165, 1.54) is 0 Å². The van der Waals surface area contributed by atoms with E-state index in [1.807, 2.05) is 6.92 Å². The van der Waals surface area contributed by atoms with E-state index in [0.717, 1.165) is 18.6 Å². The third kappa shape index (κ3) is 4.93. The SMILES string of the molecule is CCCC(C)(O)CNc1ccc(C(F)(F)F)cc1C(=O)O. The first-order valence-corrected chi connectivity index (χ1v) is 6.47. The number of halogens is 3. The van der Waals surface area contributed by atoms with Crippen LogP contribution in [0.1, 0.15) is 42.6 Å². The van der Waals surface area contributed by atoms with E-state index in [2.05, 4.69) is 5.32 Å². The zero-order valence-electron chi connectivity index (χ0n) is 11.8. The molecular formula is C14H18F3NO3. The number of hydrogen-bond acceptors (Lipinski definition) is 3. The molecule has 0 aliphatic heterocycles. The van der Waals surface area contributed by atoms with Gasteiger partial charge in [-0.05, 0) is 31.5 Å². The second-order valence-electron chi connectivity index (χ2n) is 5.16. The standard InChI is InChI=1S/C14H18F3NO3/c1-3-6-13(2,21)8-18-11-5-4-9(14(15,16)17)7-10(11)12(19)20/h4-5,7,18,21H,3,6,8H2,1-2H3,(H,19,20). The Balaban J connectivity index is 3.00. The molecule has 118 valence electrons. The van der Waals surface area contributed by atoms with Crippen molar-refractivity contribution >= 4 is 11.7 Å². The van der Waals surface area contributed by atoms with E-state index in [1.54, 1.807) is 6.92 Å². The van der Waals surface area contributed by atoms with Crippen molar-refractivity contribution in [2.45, 2.75) is 38.5 Å². The van der Waals surface area contributed by atoms with E-state index in [0.29, 0.717) is 12.5 Å². The highest BCUT2D eigenvalue weighted by Gasteiger charge is 2.32. The number of aromatic carboxylic acids is 1. The van der Waals surface area contributed by atoms with Crippen molar-refractivity contribution in [3.8, 4) is 0 Å². The molecule has 0 amide bonds. The van der Waals surface area contributed by atoms with Crippen LogP contribution >= 0.6 is 0 Å². The van der Waals surface area contributed by atoms with E-state index in [4.69, 9.17) is 5.11 Å². The quantitative estimate of drug-likeness (QED) is 0.753. The molecule has 21 heavy (non-hydrogen) atoms. The fraction of sp³-hybridized carbons (Fsp3) is 0.500. The molecular weight excluding hydrogens is 287 g/mol. The topological polar surface area (TPSA) is 69.6 Å². The van der Waals surface area contributed by atoms with Crippen LogP contribution in [-0.2, 0) is 6.18 Å². The lowest BCUT2D eigenvalue weighted by Crippen LogP contribution is -2.33. The smallest absolute Gasteiger partial charge is 0.416 e. The maximum Gasteiger partial charge on any atom is 0.416 e. The van der Waals surface area contributed by atoms with E-state index >= 15 is 0 Å². The molecule has 0 aliphatic carbocycles. The second-order valence-corrected chi connectivity index (χ2v) is 5.16. The normalized spacial score (nSPS) is 14.6. The molecule has 0 saturated heterocycles. The third-order valence-corrected chi connectivity index (χ3v) is 3.03. The molecule has 4 nitrogen and oxygen atoms in total. The minimum atomic E-state index is -4.60. The summed E-state index contributed by atoms with van der Waals surface area (Å²) in [5.41, 5.74) is -2.51. The van der Waals surface area contributed by atoms with E-state index in [9.17, 15) is 23.1 Å². The molecule has 0 heterocycles. The van der Waals surface area contributed by atoms with Gasteiger partial charge in [0.15, 0.2) is 0 Å². The number of carbonyl (C=O) groups is 1. The van der Waals surface area contributed by atoms with Gasteiger partial charge in [0.05, 0.1) is 16.7 Å². The van der Waals surface area contributed by atoms with Crippen LogP contribution in [0.25, 0.3) is 0 Å². The Morgan fingerprint density at radius 1 is 1.33 bits per heavy atom. The molecule has 1 aromatic rings. The van der Waals surface area contributed by atoms with Crippen LogP contribution in [0.3, 0.4) is 0 Å². The van der Waals surface area contributed by atoms with Gasteiger partial charge in [-0.3, -0.25) is 0 Å². The molecule has 0 fully saturated rings. The van der Waals surface area contributed by atoms with Gasteiger partial charge in [0.2, 0.25) is 0 Å². The van der Waals surface area contributed by atoms with Crippen LogP contribution in [0, 0.1) is 0 Å². The van der Waals surface area contributed by atoms with Gasteiger partial charge >= 0.3 is 12.1 Å². The van der Waals surface area contributed by atoms with Gasteiger partial charge in [0.25, 0.3) is 0 Å².